The first kappa shape index (κ1) is 17.0. The molecule has 0 aliphatic carbocycles. The molecule has 1 amide bonds. The number of ether oxygens (including phenoxy) is 1. The van der Waals surface area contributed by atoms with E-state index in [4.69, 9.17) is 4.74 Å². The van der Waals surface area contributed by atoms with E-state index in [9.17, 15) is 4.79 Å². The molecular formula is C19H21BrN2O2. The second-order valence-corrected chi connectivity index (χ2v) is 6.89. The van der Waals surface area contributed by atoms with Crippen LogP contribution in [0.15, 0.2) is 53.0 Å². The zero-order valence-corrected chi connectivity index (χ0v) is 15.1. The second-order valence-electron chi connectivity index (χ2n) is 5.97. The molecule has 4 nitrogen and oxygen atoms in total. The van der Waals surface area contributed by atoms with Gasteiger partial charge in [0, 0.05) is 16.7 Å². The first-order valence-corrected chi connectivity index (χ1v) is 8.98. The molecule has 3 rings (SSSR count). The van der Waals surface area contributed by atoms with Crippen molar-refractivity contribution in [3.05, 3.63) is 58.6 Å². The van der Waals surface area contributed by atoms with Crippen LogP contribution in [-0.4, -0.2) is 30.5 Å². The Morgan fingerprint density at radius 2 is 1.71 bits per heavy atom. The summed E-state index contributed by atoms with van der Waals surface area (Å²) in [6.45, 7) is 3.37. The van der Waals surface area contributed by atoms with Gasteiger partial charge in [0.05, 0.1) is 0 Å². The molecule has 0 unspecified atom stereocenters. The van der Waals surface area contributed by atoms with Crippen molar-refractivity contribution < 1.29 is 9.53 Å². The number of benzene rings is 2. The van der Waals surface area contributed by atoms with Crippen LogP contribution in [0.1, 0.15) is 18.4 Å². The lowest BCUT2D eigenvalue weighted by atomic mass is 10.2. The summed E-state index contributed by atoms with van der Waals surface area (Å²) in [7, 11) is 0. The lowest BCUT2D eigenvalue weighted by molar-refractivity contribution is -0.118. The van der Waals surface area contributed by atoms with Gasteiger partial charge >= 0.3 is 0 Å². The summed E-state index contributed by atoms with van der Waals surface area (Å²) in [5.74, 6) is 0.546. The van der Waals surface area contributed by atoms with E-state index < -0.39 is 0 Å². The van der Waals surface area contributed by atoms with Crippen molar-refractivity contribution in [2.24, 2.45) is 0 Å². The Balaban J connectivity index is 1.45. The topological polar surface area (TPSA) is 41.6 Å². The molecule has 5 heteroatoms. The number of rotatable bonds is 6. The van der Waals surface area contributed by atoms with Crippen molar-refractivity contribution in [3.63, 3.8) is 0 Å². The summed E-state index contributed by atoms with van der Waals surface area (Å²) in [6, 6.07) is 15.5. The lowest BCUT2D eigenvalue weighted by Gasteiger charge is -2.14. The van der Waals surface area contributed by atoms with E-state index in [0.29, 0.717) is 5.75 Å². The van der Waals surface area contributed by atoms with Gasteiger partial charge in [0.25, 0.3) is 5.91 Å². The number of nitrogens with one attached hydrogen (secondary N) is 1. The SMILES string of the molecule is O=C(COc1ccc(CN2CCCC2)cc1)Nc1ccc(Br)cc1. The normalized spacial score (nSPS) is 14.5. The largest absolute Gasteiger partial charge is 0.484 e. The van der Waals surface area contributed by atoms with E-state index in [-0.39, 0.29) is 12.5 Å². The number of hydrogen-bond acceptors (Lipinski definition) is 3. The highest BCUT2D eigenvalue weighted by Gasteiger charge is 2.11. The maximum atomic E-state index is 11.9. The van der Waals surface area contributed by atoms with Gasteiger partial charge in [-0.1, -0.05) is 28.1 Å². The van der Waals surface area contributed by atoms with Gasteiger partial charge in [0.2, 0.25) is 0 Å². The van der Waals surface area contributed by atoms with Crippen LogP contribution in [0.2, 0.25) is 0 Å². The zero-order chi connectivity index (χ0) is 16.8. The lowest BCUT2D eigenvalue weighted by Crippen LogP contribution is -2.20. The average Bonchev–Trinajstić information content (AvgIpc) is 3.09. The summed E-state index contributed by atoms with van der Waals surface area (Å²) in [5.41, 5.74) is 2.04. The van der Waals surface area contributed by atoms with Gasteiger partial charge < -0.3 is 10.1 Å². The molecule has 24 heavy (non-hydrogen) atoms. The summed E-state index contributed by atoms with van der Waals surface area (Å²) in [4.78, 5) is 14.4. The van der Waals surface area contributed by atoms with Crippen LogP contribution >= 0.6 is 15.9 Å². The number of amides is 1. The monoisotopic (exact) mass is 388 g/mol. The fourth-order valence-corrected chi connectivity index (χ4v) is 3.03. The van der Waals surface area contributed by atoms with E-state index in [1.54, 1.807) is 0 Å². The minimum atomic E-state index is -0.168. The van der Waals surface area contributed by atoms with Gasteiger partial charge in [0.15, 0.2) is 6.61 Å². The van der Waals surface area contributed by atoms with E-state index in [0.717, 1.165) is 16.7 Å². The Morgan fingerprint density at radius 3 is 2.38 bits per heavy atom. The zero-order valence-electron chi connectivity index (χ0n) is 13.5. The van der Waals surface area contributed by atoms with Gasteiger partial charge in [-0.3, -0.25) is 9.69 Å². The first-order valence-electron chi connectivity index (χ1n) is 8.18. The molecule has 0 aromatic heterocycles. The van der Waals surface area contributed by atoms with Crippen LogP contribution in [0.4, 0.5) is 5.69 Å². The maximum absolute atomic E-state index is 11.9. The van der Waals surface area contributed by atoms with Gasteiger partial charge in [-0.15, -0.1) is 0 Å². The molecule has 1 heterocycles. The number of nitrogens with zero attached hydrogens (tertiary/aromatic N) is 1. The fourth-order valence-electron chi connectivity index (χ4n) is 2.77. The number of likely N-dealkylation sites (tertiary alicyclic amines) is 1. The van der Waals surface area contributed by atoms with Crippen LogP contribution in [0.25, 0.3) is 0 Å². The van der Waals surface area contributed by atoms with Crippen LogP contribution in [-0.2, 0) is 11.3 Å². The molecule has 0 spiro atoms. The minimum Gasteiger partial charge on any atom is -0.484 e. The summed E-state index contributed by atoms with van der Waals surface area (Å²) in [6.07, 6.45) is 2.60. The van der Waals surface area contributed by atoms with Gasteiger partial charge in [-0.25, -0.2) is 0 Å². The molecule has 0 bridgehead atoms. The predicted octanol–water partition coefficient (Wildman–Crippen LogP) is 4.06. The molecule has 1 saturated heterocycles. The average molecular weight is 389 g/mol. The molecule has 2 aromatic carbocycles. The summed E-state index contributed by atoms with van der Waals surface area (Å²) in [5, 5.41) is 2.81. The van der Waals surface area contributed by atoms with Crippen LogP contribution < -0.4 is 10.1 Å². The Bertz CT molecular complexity index is 665. The molecule has 2 aromatic rings. The van der Waals surface area contributed by atoms with E-state index in [1.165, 1.54) is 31.5 Å². The van der Waals surface area contributed by atoms with Gasteiger partial charge in [-0.2, -0.15) is 0 Å². The first-order chi connectivity index (χ1) is 11.7. The molecule has 0 atom stereocenters. The standard InChI is InChI=1S/C19H21BrN2O2/c20-16-5-7-17(8-6-16)21-19(23)14-24-18-9-3-15(4-10-18)13-22-11-1-2-12-22/h3-10H,1-2,11-14H2,(H,21,23). The van der Waals surface area contributed by atoms with Crippen LogP contribution in [0.5, 0.6) is 5.75 Å². The van der Waals surface area contributed by atoms with Gasteiger partial charge in [0.1, 0.15) is 5.75 Å². The number of halogens is 1. The fraction of sp³-hybridized carbons (Fsp3) is 0.316. The van der Waals surface area contributed by atoms with Crippen LogP contribution in [0, 0.1) is 0 Å². The summed E-state index contributed by atoms with van der Waals surface area (Å²) >= 11 is 3.37. The van der Waals surface area contributed by atoms with Crippen molar-refractivity contribution in [1.82, 2.24) is 4.90 Å². The van der Waals surface area contributed by atoms with Crippen molar-refractivity contribution >= 4 is 27.5 Å². The molecule has 126 valence electrons. The smallest absolute Gasteiger partial charge is 0.262 e. The third-order valence-electron chi connectivity index (χ3n) is 4.03. The third kappa shape index (κ3) is 5.08. The van der Waals surface area contributed by atoms with E-state index in [1.807, 2.05) is 36.4 Å². The molecule has 1 fully saturated rings. The van der Waals surface area contributed by atoms with Gasteiger partial charge in [-0.05, 0) is 67.9 Å². The molecule has 1 aliphatic rings. The molecule has 0 radical (unpaired) electrons. The van der Waals surface area contributed by atoms with Crippen molar-refractivity contribution in [2.45, 2.75) is 19.4 Å². The van der Waals surface area contributed by atoms with Crippen LogP contribution in [0.3, 0.4) is 0 Å². The second kappa shape index (κ2) is 8.31. The highest BCUT2D eigenvalue weighted by atomic mass is 79.9. The van der Waals surface area contributed by atoms with E-state index in [2.05, 4.69) is 38.3 Å². The van der Waals surface area contributed by atoms with Crippen molar-refractivity contribution in [3.8, 4) is 5.75 Å². The Hall–Kier alpha value is -1.85. The Kier molecular flexibility index (Phi) is 5.88. The van der Waals surface area contributed by atoms with Crippen molar-refractivity contribution in [2.75, 3.05) is 25.0 Å². The number of carbonyl (C=O) groups is 1. The predicted molar refractivity (Wildman–Crippen MR) is 99.2 cm³/mol. The maximum Gasteiger partial charge on any atom is 0.262 e. The Labute approximate surface area is 150 Å². The van der Waals surface area contributed by atoms with Crippen molar-refractivity contribution in [1.29, 1.82) is 0 Å². The number of anilines is 1. The number of carbonyl (C=O) groups excluding carboxylic acids is 1. The highest BCUT2D eigenvalue weighted by Crippen LogP contribution is 2.17. The van der Waals surface area contributed by atoms with E-state index >= 15 is 0 Å². The summed E-state index contributed by atoms with van der Waals surface area (Å²) < 4.78 is 6.53. The minimum absolute atomic E-state index is 0.00152. The quantitative estimate of drug-likeness (QED) is 0.810. The molecule has 1 N–H and O–H groups in total. The highest BCUT2D eigenvalue weighted by molar-refractivity contribution is 9.10. The third-order valence-corrected chi connectivity index (χ3v) is 4.55. The molecular weight excluding hydrogens is 368 g/mol. The molecule has 1 aliphatic heterocycles. The number of hydrogen-bond donors (Lipinski definition) is 1. The molecule has 0 saturated carbocycles. The Morgan fingerprint density at radius 1 is 1.04 bits per heavy atom.